The van der Waals surface area contributed by atoms with E-state index >= 15 is 0 Å². The number of esters is 1. The molecule has 120 valence electrons. The molecule has 0 radical (unpaired) electrons. The average molecular weight is 303 g/mol. The van der Waals surface area contributed by atoms with Crippen LogP contribution in [0.5, 0.6) is 0 Å². The molecule has 1 heterocycles. The molecule has 0 aromatic heterocycles. The van der Waals surface area contributed by atoms with Gasteiger partial charge < -0.3 is 9.64 Å². The Morgan fingerprint density at radius 2 is 2.05 bits per heavy atom. The molecular weight excluding hydrogens is 278 g/mol. The maximum atomic E-state index is 12.6. The van der Waals surface area contributed by atoms with E-state index in [0.29, 0.717) is 19.6 Å². The zero-order valence-electron chi connectivity index (χ0n) is 13.9. The largest absolute Gasteiger partial charge is 0.464 e. The molecule has 1 aliphatic rings. The molecule has 1 aromatic rings. The van der Waals surface area contributed by atoms with Crippen molar-refractivity contribution in [2.24, 2.45) is 5.92 Å². The molecule has 0 aliphatic carbocycles. The van der Waals surface area contributed by atoms with Crippen LogP contribution in [0.25, 0.3) is 0 Å². The second-order valence-electron chi connectivity index (χ2n) is 6.16. The molecule has 1 aliphatic heterocycles. The van der Waals surface area contributed by atoms with E-state index in [9.17, 15) is 9.59 Å². The number of ether oxygens (including phenoxy) is 1. The SMILES string of the molecule is CCOC(=O)C1C(C)CCN1C(=O)Cc1ccc(C)cc1C. The third-order valence-electron chi connectivity index (χ3n) is 4.39. The van der Waals surface area contributed by atoms with Gasteiger partial charge >= 0.3 is 5.97 Å². The van der Waals surface area contributed by atoms with Crippen LogP contribution < -0.4 is 0 Å². The molecule has 2 rings (SSSR count). The summed E-state index contributed by atoms with van der Waals surface area (Å²) in [6, 6.07) is 5.67. The number of carbonyl (C=O) groups excluding carboxylic acids is 2. The topological polar surface area (TPSA) is 46.6 Å². The van der Waals surface area contributed by atoms with Crippen LogP contribution in [0.4, 0.5) is 0 Å². The number of hydrogen-bond acceptors (Lipinski definition) is 3. The Bertz CT molecular complexity index is 567. The predicted molar refractivity (Wildman–Crippen MR) is 85.5 cm³/mol. The molecule has 1 saturated heterocycles. The van der Waals surface area contributed by atoms with Crippen molar-refractivity contribution in [3.05, 3.63) is 34.9 Å². The normalized spacial score (nSPS) is 21.0. The highest BCUT2D eigenvalue weighted by atomic mass is 16.5. The Hall–Kier alpha value is -1.84. The van der Waals surface area contributed by atoms with Gasteiger partial charge in [-0.05, 0) is 44.2 Å². The van der Waals surface area contributed by atoms with E-state index in [-0.39, 0.29) is 17.8 Å². The minimum absolute atomic E-state index is 0.00866. The highest BCUT2D eigenvalue weighted by Gasteiger charge is 2.40. The van der Waals surface area contributed by atoms with Gasteiger partial charge in [-0.15, -0.1) is 0 Å². The first-order valence-electron chi connectivity index (χ1n) is 7.96. The van der Waals surface area contributed by atoms with E-state index in [2.05, 4.69) is 6.07 Å². The molecule has 1 amide bonds. The van der Waals surface area contributed by atoms with Crippen molar-refractivity contribution in [3.63, 3.8) is 0 Å². The van der Waals surface area contributed by atoms with Gasteiger partial charge in [0.15, 0.2) is 0 Å². The summed E-state index contributed by atoms with van der Waals surface area (Å²) in [5, 5.41) is 0. The highest BCUT2D eigenvalue weighted by molar-refractivity contribution is 5.86. The Morgan fingerprint density at radius 1 is 1.32 bits per heavy atom. The minimum Gasteiger partial charge on any atom is -0.464 e. The number of aryl methyl sites for hydroxylation is 2. The van der Waals surface area contributed by atoms with Crippen molar-refractivity contribution in [1.82, 2.24) is 4.90 Å². The fourth-order valence-electron chi connectivity index (χ4n) is 3.12. The standard InChI is InChI=1S/C18H25NO3/c1-5-22-18(21)17-13(3)8-9-19(17)16(20)11-15-7-6-12(2)10-14(15)4/h6-7,10,13,17H,5,8-9,11H2,1-4H3. The van der Waals surface area contributed by atoms with Crippen LogP contribution in [0.3, 0.4) is 0 Å². The van der Waals surface area contributed by atoms with E-state index in [4.69, 9.17) is 4.74 Å². The number of nitrogens with zero attached hydrogens (tertiary/aromatic N) is 1. The van der Waals surface area contributed by atoms with Gasteiger partial charge in [0.2, 0.25) is 5.91 Å². The fraction of sp³-hybridized carbons (Fsp3) is 0.556. The monoisotopic (exact) mass is 303 g/mol. The molecule has 0 bridgehead atoms. The van der Waals surface area contributed by atoms with Crippen LogP contribution >= 0.6 is 0 Å². The van der Waals surface area contributed by atoms with E-state index in [1.165, 1.54) is 5.56 Å². The number of hydrogen-bond donors (Lipinski definition) is 0. The van der Waals surface area contributed by atoms with Crippen molar-refractivity contribution < 1.29 is 14.3 Å². The Morgan fingerprint density at radius 3 is 2.68 bits per heavy atom. The molecular formula is C18H25NO3. The van der Waals surface area contributed by atoms with Crippen LogP contribution in [0.2, 0.25) is 0 Å². The third kappa shape index (κ3) is 3.49. The first kappa shape index (κ1) is 16.5. The van der Waals surface area contributed by atoms with E-state index < -0.39 is 6.04 Å². The van der Waals surface area contributed by atoms with Crippen LogP contribution in [0.1, 0.15) is 37.0 Å². The molecule has 4 heteroatoms. The Balaban J connectivity index is 2.12. The van der Waals surface area contributed by atoms with Gasteiger partial charge in [-0.2, -0.15) is 0 Å². The Kier molecular flexibility index (Phi) is 5.22. The minimum atomic E-state index is -0.432. The van der Waals surface area contributed by atoms with Crippen LogP contribution in [0, 0.1) is 19.8 Å². The van der Waals surface area contributed by atoms with Crippen LogP contribution in [-0.2, 0) is 20.7 Å². The van der Waals surface area contributed by atoms with E-state index in [1.807, 2.05) is 32.9 Å². The van der Waals surface area contributed by atoms with Gasteiger partial charge in [-0.3, -0.25) is 4.79 Å². The summed E-state index contributed by atoms with van der Waals surface area (Å²) in [6.07, 6.45) is 1.19. The summed E-state index contributed by atoms with van der Waals surface area (Å²) >= 11 is 0. The highest BCUT2D eigenvalue weighted by Crippen LogP contribution is 2.26. The lowest BCUT2D eigenvalue weighted by molar-refractivity contribution is -0.154. The first-order chi connectivity index (χ1) is 10.4. The van der Waals surface area contributed by atoms with Crippen LogP contribution in [-0.4, -0.2) is 36.0 Å². The van der Waals surface area contributed by atoms with Gasteiger partial charge in [0, 0.05) is 6.54 Å². The number of carbonyl (C=O) groups is 2. The molecule has 2 atom stereocenters. The average Bonchev–Trinajstić information content (AvgIpc) is 2.84. The van der Waals surface area contributed by atoms with Gasteiger partial charge in [0.1, 0.15) is 6.04 Å². The van der Waals surface area contributed by atoms with Crippen molar-refractivity contribution >= 4 is 11.9 Å². The zero-order valence-corrected chi connectivity index (χ0v) is 13.9. The van der Waals surface area contributed by atoms with Crippen LogP contribution in [0.15, 0.2) is 18.2 Å². The predicted octanol–water partition coefficient (Wildman–Crippen LogP) is 2.65. The lowest BCUT2D eigenvalue weighted by Gasteiger charge is -2.25. The summed E-state index contributed by atoms with van der Waals surface area (Å²) in [7, 11) is 0. The van der Waals surface area contributed by atoms with Crippen molar-refractivity contribution in [1.29, 1.82) is 0 Å². The lowest BCUT2D eigenvalue weighted by Crippen LogP contribution is -2.44. The molecule has 4 nitrogen and oxygen atoms in total. The first-order valence-corrected chi connectivity index (χ1v) is 7.96. The Labute approximate surface area is 132 Å². The van der Waals surface area contributed by atoms with Crippen molar-refractivity contribution in [2.75, 3.05) is 13.2 Å². The molecule has 2 unspecified atom stereocenters. The second-order valence-corrected chi connectivity index (χ2v) is 6.16. The van der Waals surface area contributed by atoms with Gasteiger partial charge in [0.05, 0.1) is 13.0 Å². The summed E-state index contributed by atoms with van der Waals surface area (Å²) in [6.45, 7) is 8.84. The summed E-state index contributed by atoms with van der Waals surface area (Å²) in [4.78, 5) is 26.4. The molecule has 0 spiro atoms. The molecule has 1 aromatic carbocycles. The lowest BCUT2D eigenvalue weighted by atomic mass is 10.0. The zero-order chi connectivity index (χ0) is 16.3. The summed E-state index contributed by atoms with van der Waals surface area (Å²) in [5.41, 5.74) is 3.33. The van der Waals surface area contributed by atoms with Gasteiger partial charge in [-0.25, -0.2) is 4.79 Å². The third-order valence-corrected chi connectivity index (χ3v) is 4.39. The van der Waals surface area contributed by atoms with Gasteiger partial charge in [-0.1, -0.05) is 30.7 Å². The quantitative estimate of drug-likeness (QED) is 0.803. The maximum absolute atomic E-state index is 12.6. The fourth-order valence-corrected chi connectivity index (χ4v) is 3.12. The molecule has 1 fully saturated rings. The number of likely N-dealkylation sites (tertiary alicyclic amines) is 1. The maximum Gasteiger partial charge on any atom is 0.329 e. The second kappa shape index (κ2) is 6.95. The number of amides is 1. The number of benzene rings is 1. The summed E-state index contributed by atoms with van der Waals surface area (Å²) < 4.78 is 5.13. The molecule has 22 heavy (non-hydrogen) atoms. The van der Waals surface area contributed by atoms with E-state index in [0.717, 1.165) is 17.5 Å². The number of rotatable bonds is 4. The van der Waals surface area contributed by atoms with Gasteiger partial charge in [0.25, 0.3) is 0 Å². The smallest absolute Gasteiger partial charge is 0.329 e. The van der Waals surface area contributed by atoms with Crippen molar-refractivity contribution in [3.8, 4) is 0 Å². The summed E-state index contributed by atoms with van der Waals surface area (Å²) in [5.74, 6) is -0.113. The van der Waals surface area contributed by atoms with E-state index in [1.54, 1.807) is 11.8 Å². The molecule has 0 saturated carbocycles. The van der Waals surface area contributed by atoms with Crippen molar-refractivity contribution in [2.45, 2.75) is 46.6 Å². The molecule has 0 N–H and O–H groups in total.